The van der Waals surface area contributed by atoms with E-state index in [1.54, 1.807) is 10.9 Å². The molecule has 2 atom stereocenters. The molecule has 0 spiro atoms. The van der Waals surface area contributed by atoms with E-state index in [0.717, 1.165) is 51.5 Å². The Balaban J connectivity index is 0.00000156. The van der Waals surface area contributed by atoms with E-state index in [0.29, 0.717) is 5.92 Å². The van der Waals surface area contributed by atoms with Gasteiger partial charge in [0, 0.05) is 58.1 Å². The highest BCUT2D eigenvalue weighted by Gasteiger charge is 2.29. The van der Waals surface area contributed by atoms with Crippen LogP contribution in [0.4, 0.5) is 0 Å². The highest BCUT2D eigenvalue weighted by atomic mass is 35.5. The van der Waals surface area contributed by atoms with Crippen molar-refractivity contribution >= 4 is 30.7 Å². The number of carbonyl (C=O) groups is 1. The van der Waals surface area contributed by atoms with E-state index >= 15 is 0 Å². The molecule has 25 heavy (non-hydrogen) atoms. The summed E-state index contributed by atoms with van der Waals surface area (Å²) < 4.78 is 7.18. The van der Waals surface area contributed by atoms with Crippen LogP contribution in [-0.2, 0) is 16.6 Å². The summed E-state index contributed by atoms with van der Waals surface area (Å²) in [5.41, 5.74) is 0.922. The zero-order valence-electron chi connectivity index (χ0n) is 14.9. The van der Waals surface area contributed by atoms with Gasteiger partial charge in [-0.2, -0.15) is 5.10 Å². The minimum atomic E-state index is -0.307. The Morgan fingerprint density at radius 2 is 2.08 bits per heavy atom. The van der Waals surface area contributed by atoms with Crippen molar-refractivity contribution in [3.05, 3.63) is 18.0 Å². The number of hydrogen-bond donors (Lipinski definition) is 1. The van der Waals surface area contributed by atoms with E-state index in [9.17, 15) is 4.79 Å². The van der Waals surface area contributed by atoms with Crippen LogP contribution >= 0.6 is 24.8 Å². The lowest BCUT2D eigenvalue weighted by Crippen LogP contribution is -2.52. The van der Waals surface area contributed by atoms with E-state index in [4.69, 9.17) is 4.74 Å². The molecule has 0 aliphatic carbocycles. The third-order valence-electron chi connectivity index (χ3n) is 4.82. The average molecular weight is 394 g/mol. The second kappa shape index (κ2) is 10.3. The summed E-state index contributed by atoms with van der Waals surface area (Å²) in [6, 6.07) is -0.307. The van der Waals surface area contributed by atoms with Crippen LogP contribution in [0.1, 0.15) is 18.0 Å². The summed E-state index contributed by atoms with van der Waals surface area (Å²) in [5, 5.41) is 7.29. The number of piperazine rings is 1. The van der Waals surface area contributed by atoms with Crippen molar-refractivity contribution in [3.8, 4) is 0 Å². The van der Waals surface area contributed by atoms with E-state index in [1.165, 1.54) is 6.42 Å². The molecule has 0 bridgehead atoms. The van der Waals surface area contributed by atoms with Crippen molar-refractivity contribution in [2.45, 2.75) is 12.5 Å². The molecule has 0 aromatic carbocycles. The van der Waals surface area contributed by atoms with Gasteiger partial charge in [-0.25, -0.2) is 0 Å². The fourth-order valence-corrected chi connectivity index (χ4v) is 3.45. The second-order valence-corrected chi connectivity index (χ2v) is 6.52. The van der Waals surface area contributed by atoms with Crippen molar-refractivity contribution in [1.82, 2.24) is 24.9 Å². The molecule has 1 amide bonds. The first-order valence-corrected chi connectivity index (χ1v) is 8.42. The van der Waals surface area contributed by atoms with E-state index < -0.39 is 0 Å². The summed E-state index contributed by atoms with van der Waals surface area (Å²) in [5.74, 6) is 0.807. The molecule has 2 fully saturated rings. The maximum Gasteiger partial charge on any atom is 0.244 e. The molecule has 144 valence electrons. The number of ether oxygens (including phenoxy) is 1. The number of nitrogens with zero attached hydrogens (tertiary/aromatic N) is 4. The van der Waals surface area contributed by atoms with E-state index in [1.807, 2.05) is 25.2 Å². The maximum absolute atomic E-state index is 12.8. The minimum absolute atomic E-state index is 0. The SMILES string of the molecule is CNC(C(=O)N1CCN(CC2CCOC2)CC1)c1cnn(C)c1.Cl.Cl. The van der Waals surface area contributed by atoms with Crippen LogP contribution in [-0.4, -0.2) is 78.5 Å². The standard InChI is InChI=1S/C16H27N5O2.2ClH/c1-17-15(14-9-18-19(2)11-14)16(22)21-6-4-20(5-7-21)10-13-3-8-23-12-13;;/h9,11,13,15,17H,3-8,10,12H2,1-2H3;2*1H. The number of aryl methyl sites for hydroxylation is 1. The molecule has 2 saturated heterocycles. The molecular weight excluding hydrogens is 365 g/mol. The Hall–Kier alpha value is -0.860. The van der Waals surface area contributed by atoms with Crippen LogP contribution in [0.5, 0.6) is 0 Å². The van der Waals surface area contributed by atoms with Gasteiger partial charge in [-0.05, 0) is 19.4 Å². The van der Waals surface area contributed by atoms with Gasteiger partial charge in [0.05, 0.1) is 12.8 Å². The highest BCUT2D eigenvalue weighted by molar-refractivity contribution is 5.85. The van der Waals surface area contributed by atoms with Crippen molar-refractivity contribution < 1.29 is 9.53 Å². The molecule has 7 nitrogen and oxygen atoms in total. The van der Waals surface area contributed by atoms with Crippen LogP contribution in [0.15, 0.2) is 12.4 Å². The summed E-state index contributed by atoms with van der Waals surface area (Å²) in [7, 11) is 3.69. The van der Waals surface area contributed by atoms with Crippen LogP contribution in [0.25, 0.3) is 0 Å². The monoisotopic (exact) mass is 393 g/mol. The maximum atomic E-state index is 12.8. The van der Waals surface area contributed by atoms with Gasteiger partial charge in [-0.3, -0.25) is 14.4 Å². The molecule has 9 heteroatoms. The summed E-state index contributed by atoms with van der Waals surface area (Å²) in [4.78, 5) is 17.2. The van der Waals surface area contributed by atoms with Gasteiger partial charge >= 0.3 is 0 Å². The van der Waals surface area contributed by atoms with Gasteiger partial charge in [0.2, 0.25) is 5.91 Å². The number of nitrogens with one attached hydrogen (secondary N) is 1. The molecular formula is C16H29Cl2N5O2. The topological polar surface area (TPSA) is 62.6 Å². The first-order valence-electron chi connectivity index (χ1n) is 8.42. The molecule has 2 unspecified atom stereocenters. The normalized spacial score (nSPS) is 22.2. The lowest BCUT2D eigenvalue weighted by Gasteiger charge is -2.37. The van der Waals surface area contributed by atoms with Crippen molar-refractivity contribution in [3.63, 3.8) is 0 Å². The molecule has 1 aromatic rings. The number of carbonyl (C=O) groups excluding carboxylic acids is 1. The fraction of sp³-hybridized carbons (Fsp3) is 0.750. The van der Waals surface area contributed by atoms with Gasteiger partial charge in [0.15, 0.2) is 0 Å². The largest absolute Gasteiger partial charge is 0.381 e. The smallest absolute Gasteiger partial charge is 0.244 e. The molecule has 3 heterocycles. The number of halogens is 2. The van der Waals surface area contributed by atoms with Crippen LogP contribution < -0.4 is 5.32 Å². The quantitative estimate of drug-likeness (QED) is 0.797. The zero-order chi connectivity index (χ0) is 16.2. The van der Waals surface area contributed by atoms with E-state index in [-0.39, 0.29) is 36.8 Å². The third kappa shape index (κ3) is 5.56. The Bertz CT molecular complexity index is 528. The summed E-state index contributed by atoms with van der Waals surface area (Å²) >= 11 is 0. The average Bonchev–Trinajstić information content (AvgIpc) is 3.21. The van der Waals surface area contributed by atoms with Gasteiger partial charge in [-0.15, -0.1) is 24.8 Å². The Labute approximate surface area is 161 Å². The van der Waals surface area contributed by atoms with Crippen molar-refractivity contribution in [2.75, 3.05) is 53.0 Å². The predicted molar refractivity (Wildman–Crippen MR) is 101 cm³/mol. The third-order valence-corrected chi connectivity index (χ3v) is 4.82. The molecule has 1 aromatic heterocycles. The first-order chi connectivity index (χ1) is 11.2. The fourth-order valence-electron chi connectivity index (χ4n) is 3.45. The minimum Gasteiger partial charge on any atom is -0.381 e. The zero-order valence-corrected chi connectivity index (χ0v) is 16.5. The number of rotatable bonds is 5. The van der Waals surface area contributed by atoms with Crippen molar-refractivity contribution in [2.24, 2.45) is 13.0 Å². The van der Waals surface area contributed by atoms with Crippen LogP contribution in [0, 0.1) is 5.92 Å². The van der Waals surface area contributed by atoms with Gasteiger partial charge < -0.3 is 15.0 Å². The Morgan fingerprint density at radius 3 is 2.60 bits per heavy atom. The summed E-state index contributed by atoms with van der Waals surface area (Å²) in [6.45, 7) is 6.38. The lowest BCUT2D eigenvalue weighted by atomic mass is 10.1. The first kappa shape index (κ1) is 22.2. The lowest BCUT2D eigenvalue weighted by molar-refractivity contribution is -0.135. The molecule has 0 radical (unpaired) electrons. The van der Waals surface area contributed by atoms with Gasteiger partial charge in [0.25, 0.3) is 0 Å². The molecule has 1 N–H and O–H groups in total. The molecule has 3 rings (SSSR count). The number of aromatic nitrogens is 2. The Morgan fingerprint density at radius 1 is 1.36 bits per heavy atom. The van der Waals surface area contributed by atoms with Crippen molar-refractivity contribution in [1.29, 1.82) is 0 Å². The van der Waals surface area contributed by atoms with E-state index in [2.05, 4.69) is 15.3 Å². The molecule has 2 aliphatic rings. The second-order valence-electron chi connectivity index (χ2n) is 6.52. The summed E-state index contributed by atoms with van der Waals surface area (Å²) in [6.07, 6.45) is 4.83. The predicted octanol–water partition coefficient (Wildman–Crippen LogP) is 0.705. The Kier molecular flexibility index (Phi) is 9.16. The molecule has 2 aliphatic heterocycles. The van der Waals surface area contributed by atoms with Crippen LogP contribution in [0.3, 0.4) is 0 Å². The van der Waals surface area contributed by atoms with Gasteiger partial charge in [-0.1, -0.05) is 0 Å². The van der Waals surface area contributed by atoms with Crippen LogP contribution in [0.2, 0.25) is 0 Å². The number of hydrogen-bond acceptors (Lipinski definition) is 5. The number of amides is 1. The van der Waals surface area contributed by atoms with Gasteiger partial charge in [0.1, 0.15) is 6.04 Å². The number of likely N-dealkylation sites (N-methyl/N-ethyl adjacent to an activating group) is 1. The highest BCUT2D eigenvalue weighted by Crippen LogP contribution is 2.18. The molecule has 0 saturated carbocycles.